The standard InChI is InChI=1S/C17H16ClNO3S/c1-10(16(20)19-13-7-3-2-6-12(13)18)22-17(21)15-9-11-5-4-8-14(11)23-15/h2-3,6-7,9-10H,4-5,8H2,1H3,(H,19,20)/t10-/m1/s1. The number of halogens is 1. The Morgan fingerprint density at radius 1 is 1.30 bits per heavy atom. The summed E-state index contributed by atoms with van der Waals surface area (Å²) in [7, 11) is 0. The van der Waals surface area contributed by atoms with Crippen LogP contribution in [0, 0.1) is 0 Å². The molecule has 6 heteroatoms. The summed E-state index contributed by atoms with van der Waals surface area (Å²) in [5.74, 6) is -0.859. The Morgan fingerprint density at radius 2 is 2.09 bits per heavy atom. The van der Waals surface area contributed by atoms with Crippen LogP contribution in [0.1, 0.15) is 33.5 Å². The summed E-state index contributed by atoms with van der Waals surface area (Å²) in [4.78, 5) is 26.1. The number of carbonyl (C=O) groups excluding carboxylic acids is 2. The Labute approximate surface area is 143 Å². The molecule has 0 unspecified atom stereocenters. The fourth-order valence-electron chi connectivity index (χ4n) is 2.50. The molecule has 2 aromatic rings. The van der Waals surface area contributed by atoms with E-state index in [-0.39, 0.29) is 0 Å². The van der Waals surface area contributed by atoms with Gasteiger partial charge in [-0.1, -0.05) is 23.7 Å². The van der Waals surface area contributed by atoms with Crippen molar-refractivity contribution in [2.75, 3.05) is 5.32 Å². The van der Waals surface area contributed by atoms with Crippen LogP contribution in [0.5, 0.6) is 0 Å². The van der Waals surface area contributed by atoms with Crippen molar-refractivity contribution in [1.82, 2.24) is 0 Å². The van der Waals surface area contributed by atoms with Crippen LogP contribution in [-0.4, -0.2) is 18.0 Å². The number of hydrogen-bond acceptors (Lipinski definition) is 4. The van der Waals surface area contributed by atoms with Gasteiger partial charge in [0.2, 0.25) is 0 Å². The van der Waals surface area contributed by atoms with Crippen molar-refractivity contribution < 1.29 is 14.3 Å². The third-order valence-corrected chi connectivity index (χ3v) is 5.28. The van der Waals surface area contributed by atoms with Crippen molar-refractivity contribution in [1.29, 1.82) is 0 Å². The molecule has 4 nitrogen and oxygen atoms in total. The van der Waals surface area contributed by atoms with Crippen LogP contribution in [0.3, 0.4) is 0 Å². The number of aryl methyl sites for hydroxylation is 2. The summed E-state index contributed by atoms with van der Waals surface area (Å²) >= 11 is 7.46. The quantitative estimate of drug-likeness (QED) is 0.846. The normalized spacial score (nSPS) is 14.2. The van der Waals surface area contributed by atoms with Crippen molar-refractivity contribution in [2.45, 2.75) is 32.3 Å². The minimum absolute atomic E-state index is 0.407. The predicted octanol–water partition coefficient (Wildman–Crippen LogP) is 4.07. The molecule has 23 heavy (non-hydrogen) atoms. The van der Waals surface area contributed by atoms with E-state index in [9.17, 15) is 9.59 Å². The molecule has 1 aromatic carbocycles. The first-order valence-electron chi connectivity index (χ1n) is 7.42. The number of rotatable bonds is 4. The topological polar surface area (TPSA) is 55.4 Å². The molecule has 3 rings (SSSR count). The lowest BCUT2D eigenvalue weighted by atomic mass is 10.2. The minimum Gasteiger partial charge on any atom is -0.448 e. The monoisotopic (exact) mass is 349 g/mol. The fraction of sp³-hybridized carbons (Fsp3) is 0.294. The Balaban J connectivity index is 1.61. The van der Waals surface area contributed by atoms with Gasteiger partial charge in [0.1, 0.15) is 4.88 Å². The van der Waals surface area contributed by atoms with Gasteiger partial charge < -0.3 is 10.1 Å². The van der Waals surface area contributed by atoms with Crippen LogP contribution in [0.15, 0.2) is 30.3 Å². The molecule has 120 valence electrons. The SMILES string of the molecule is C[C@@H](OC(=O)c1cc2c(s1)CCC2)C(=O)Nc1ccccc1Cl. The summed E-state index contributed by atoms with van der Waals surface area (Å²) in [6, 6.07) is 8.80. The van der Waals surface area contributed by atoms with E-state index in [1.807, 2.05) is 6.07 Å². The molecule has 0 saturated heterocycles. The first kappa shape index (κ1) is 16.0. The van der Waals surface area contributed by atoms with E-state index in [0.29, 0.717) is 15.6 Å². The number of carbonyl (C=O) groups is 2. The molecule has 0 radical (unpaired) electrons. The summed E-state index contributed by atoms with van der Waals surface area (Å²) in [5, 5.41) is 3.10. The van der Waals surface area contributed by atoms with Gasteiger partial charge in [-0.15, -0.1) is 11.3 Å². The molecule has 0 aliphatic heterocycles. The summed E-state index contributed by atoms with van der Waals surface area (Å²) in [6.07, 6.45) is 2.29. The average molecular weight is 350 g/mol. The molecule has 1 atom stereocenters. The van der Waals surface area contributed by atoms with Crippen molar-refractivity contribution in [3.05, 3.63) is 50.7 Å². The van der Waals surface area contributed by atoms with E-state index >= 15 is 0 Å². The average Bonchev–Trinajstić information content (AvgIpc) is 3.10. The highest BCUT2D eigenvalue weighted by atomic mass is 35.5. The molecule has 0 bridgehead atoms. The van der Waals surface area contributed by atoms with E-state index < -0.39 is 18.0 Å². The third-order valence-electron chi connectivity index (χ3n) is 3.73. The second kappa shape index (κ2) is 6.72. The van der Waals surface area contributed by atoms with Crippen LogP contribution >= 0.6 is 22.9 Å². The van der Waals surface area contributed by atoms with E-state index in [2.05, 4.69) is 5.32 Å². The summed E-state index contributed by atoms with van der Waals surface area (Å²) in [6.45, 7) is 1.55. The number of ether oxygens (including phenoxy) is 1. The van der Waals surface area contributed by atoms with Gasteiger partial charge in [-0.3, -0.25) is 4.79 Å². The minimum atomic E-state index is -0.893. The number of anilines is 1. The van der Waals surface area contributed by atoms with Gasteiger partial charge in [0.05, 0.1) is 10.7 Å². The zero-order valence-corrected chi connectivity index (χ0v) is 14.2. The molecule has 0 spiro atoms. The van der Waals surface area contributed by atoms with Gasteiger partial charge in [-0.05, 0) is 49.9 Å². The summed E-state index contributed by atoms with van der Waals surface area (Å²) in [5.41, 5.74) is 1.73. The first-order valence-corrected chi connectivity index (χ1v) is 8.62. The lowest BCUT2D eigenvalue weighted by Gasteiger charge is -2.13. The molecule has 1 N–H and O–H groups in total. The van der Waals surface area contributed by atoms with E-state index in [0.717, 1.165) is 19.3 Å². The Kier molecular flexibility index (Phi) is 4.68. The third kappa shape index (κ3) is 3.57. The Bertz CT molecular complexity index is 735. The highest BCUT2D eigenvalue weighted by molar-refractivity contribution is 7.14. The summed E-state index contributed by atoms with van der Waals surface area (Å²) < 4.78 is 5.26. The predicted molar refractivity (Wildman–Crippen MR) is 91.3 cm³/mol. The maximum absolute atomic E-state index is 12.2. The maximum Gasteiger partial charge on any atom is 0.349 e. The second-order valence-electron chi connectivity index (χ2n) is 5.43. The number of amides is 1. The van der Waals surface area contributed by atoms with Gasteiger partial charge in [0, 0.05) is 4.88 Å². The smallest absolute Gasteiger partial charge is 0.349 e. The van der Waals surface area contributed by atoms with Crippen molar-refractivity contribution in [3.8, 4) is 0 Å². The van der Waals surface area contributed by atoms with Gasteiger partial charge in [0.15, 0.2) is 6.10 Å². The molecule has 1 amide bonds. The number of para-hydroxylation sites is 1. The fourth-order valence-corrected chi connectivity index (χ4v) is 3.82. The van der Waals surface area contributed by atoms with Gasteiger partial charge in [-0.25, -0.2) is 4.79 Å². The number of nitrogens with one attached hydrogen (secondary N) is 1. The van der Waals surface area contributed by atoms with Crippen molar-refractivity contribution in [2.24, 2.45) is 0 Å². The zero-order valence-electron chi connectivity index (χ0n) is 12.6. The Morgan fingerprint density at radius 3 is 2.83 bits per heavy atom. The van der Waals surface area contributed by atoms with Crippen LogP contribution in [0.4, 0.5) is 5.69 Å². The maximum atomic E-state index is 12.2. The molecule has 1 heterocycles. The molecule has 1 aliphatic carbocycles. The lowest BCUT2D eigenvalue weighted by molar-refractivity contribution is -0.123. The van der Waals surface area contributed by atoms with Crippen LogP contribution in [0.25, 0.3) is 0 Å². The Hall–Kier alpha value is -1.85. The number of fused-ring (bicyclic) bond motifs is 1. The van der Waals surface area contributed by atoms with Gasteiger partial charge in [0.25, 0.3) is 5.91 Å². The molecule has 0 fully saturated rings. The first-order chi connectivity index (χ1) is 11.0. The second-order valence-corrected chi connectivity index (χ2v) is 6.97. The van der Waals surface area contributed by atoms with E-state index in [4.69, 9.17) is 16.3 Å². The highest BCUT2D eigenvalue weighted by Crippen LogP contribution is 2.31. The number of esters is 1. The van der Waals surface area contributed by atoms with Crippen LogP contribution in [0.2, 0.25) is 5.02 Å². The molecular weight excluding hydrogens is 334 g/mol. The van der Waals surface area contributed by atoms with Gasteiger partial charge >= 0.3 is 5.97 Å². The number of thiophene rings is 1. The molecular formula is C17H16ClNO3S. The number of benzene rings is 1. The lowest BCUT2D eigenvalue weighted by Crippen LogP contribution is -2.29. The van der Waals surface area contributed by atoms with E-state index in [1.54, 1.807) is 31.2 Å². The van der Waals surface area contributed by atoms with Crippen molar-refractivity contribution in [3.63, 3.8) is 0 Å². The number of hydrogen-bond donors (Lipinski definition) is 1. The zero-order chi connectivity index (χ0) is 16.4. The molecule has 1 aliphatic rings. The highest BCUT2D eigenvalue weighted by Gasteiger charge is 2.23. The van der Waals surface area contributed by atoms with Crippen LogP contribution < -0.4 is 5.32 Å². The van der Waals surface area contributed by atoms with E-state index in [1.165, 1.54) is 21.8 Å². The molecule has 0 saturated carbocycles. The van der Waals surface area contributed by atoms with Gasteiger partial charge in [-0.2, -0.15) is 0 Å². The van der Waals surface area contributed by atoms with Crippen molar-refractivity contribution >= 4 is 40.5 Å². The molecule has 1 aromatic heterocycles. The van der Waals surface area contributed by atoms with Crippen LogP contribution in [-0.2, 0) is 22.4 Å². The largest absolute Gasteiger partial charge is 0.448 e.